The van der Waals surface area contributed by atoms with Gasteiger partial charge in [0.2, 0.25) is 0 Å². The maximum atomic E-state index is 10.6. The van der Waals surface area contributed by atoms with Crippen LogP contribution in [-0.2, 0) is 33.2 Å². The Bertz CT molecular complexity index is 731. The minimum atomic E-state index is -1.73. The molecule has 0 bridgehead atoms. The number of aliphatic hydroxyl groups is 10. The fraction of sp³-hybridized carbons (Fsp3) is 1.00. The molecule has 0 radical (unpaired) electrons. The van der Waals surface area contributed by atoms with Crippen LogP contribution in [0.25, 0.3) is 0 Å². The summed E-state index contributed by atoms with van der Waals surface area (Å²) in [5, 5.41) is 99.0. The van der Waals surface area contributed by atoms with Crippen LogP contribution in [-0.4, -0.2) is 176 Å². The monoisotopic (exact) mass is 546 g/mol. The third-order valence-electron chi connectivity index (χ3n) is 6.79. The van der Waals surface area contributed by atoms with E-state index in [4.69, 9.17) is 33.2 Å². The van der Waals surface area contributed by atoms with Crippen LogP contribution in [0, 0.1) is 0 Å². The van der Waals surface area contributed by atoms with Gasteiger partial charge in [-0.1, -0.05) is 0 Å². The highest BCUT2D eigenvalue weighted by molar-refractivity contribution is 4.95. The summed E-state index contributed by atoms with van der Waals surface area (Å²) in [7, 11) is 0. The molecule has 0 amide bonds. The number of rotatable bonds is 10. The molecule has 0 saturated carbocycles. The van der Waals surface area contributed by atoms with Gasteiger partial charge < -0.3 is 84.2 Å². The van der Waals surface area contributed by atoms with Crippen LogP contribution in [0.15, 0.2) is 0 Å². The molecule has 16 atom stereocenters. The molecule has 4 heterocycles. The molecule has 4 aliphatic heterocycles. The van der Waals surface area contributed by atoms with E-state index in [0.717, 1.165) is 0 Å². The van der Waals surface area contributed by atoms with Gasteiger partial charge >= 0.3 is 0 Å². The first-order chi connectivity index (χ1) is 17.6. The molecule has 4 saturated heterocycles. The molecule has 10 N–H and O–H groups in total. The van der Waals surface area contributed by atoms with Crippen molar-refractivity contribution in [3.8, 4) is 0 Å². The maximum absolute atomic E-state index is 10.6. The van der Waals surface area contributed by atoms with Gasteiger partial charge in [0.15, 0.2) is 25.2 Å². The van der Waals surface area contributed by atoms with Crippen LogP contribution in [0.2, 0.25) is 0 Å². The molecule has 0 unspecified atom stereocenters. The first-order valence-corrected chi connectivity index (χ1v) is 11.7. The molecule has 0 aliphatic carbocycles. The molecule has 0 aromatic heterocycles. The van der Waals surface area contributed by atoms with Crippen molar-refractivity contribution in [1.82, 2.24) is 0 Å². The number of hydrogen-bond donors (Lipinski definition) is 10. The van der Waals surface area contributed by atoms with Gasteiger partial charge in [-0.25, -0.2) is 0 Å². The van der Waals surface area contributed by atoms with Crippen molar-refractivity contribution in [1.29, 1.82) is 0 Å². The van der Waals surface area contributed by atoms with Gasteiger partial charge in [0, 0.05) is 0 Å². The van der Waals surface area contributed by atoms with E-state index in [2.05, 4.69) is 0 Å². The third-order valence-corrected chi connectivity index (χ3v) is 6.79. The molecular formula is C20H34O17. The summed E-state index contributed by atoms with van der Waals surface area (Å²) in [5.41, 5.74) is 0. The minimum Gasteiger partial charge on any atom is -0.394 e. The molecule has 4 rings (SSSR count). The fourth-order valence-corrected chi connectivity index (χ4v) is 4.61. The molecule has 17 nitrogen and oxygen atoms in total. The van der Waals surface area contributed by atoms with E-state index in [0.29, 0.717) is 0 Å². The van der Waals surface area contributed by atoms with Gasteiger partial charge in [0.05, 0.1) is 26.4 Å². The van der Waals surface area contributed by atoms with Gasteiger partial charge in [-0.3, -0.25) is 0 Å². The summed E-state index contributed by atoms with van der Waals surface area (Å²) in [6.07, 6.45) is -22.8. The lowest BCUT2D eigenvalue weighted by Gasteiger charge is -2.29. The second-order valence-electron chi connectivity index (χ2n) is 9.22. The van der Waals surface area contributed by atoms with Crippen LogP contribution < -0.4 is 0 Å². The van der Waals surface area contributed by atoms with Crippen molar-refractivity contribution < 1.29 is 84.2 Å². The molecule has 37 heavy (non-hydrogen) atoms. The van der Waals surface area contributed by atoms with Gasteiger partial charge in [-0.05, 0) is 0 Å². The Hall–Kier alpha value is -0.680. The van der Waals surface area contributed by atoms with E-state index in [1.54, 1.807) is 0 Å². The Kier molecular flexibility index (Phi) is 9.69. The first-order valence-electron chi connectivity index (χ1n) is 11.7. The second kappa shape index (κ2) is 12.2. The summed E-state index contributed by atoms with van der Waals surface area (Å²) in [5.74, 6) is 0. The lowest BCUT2D eigenvalue weighted by molar-refractivity contribution is -0.266. The molecule has 4 fully saturated rings. The lowest BCUT2D eigenvalue weighted by atomic mass is 10.1. The zero-order valence-electron chi connectivity index (χ0n) is 19.4. The average Bonchev–Trinajstić information content (AvgIpc) is 3.53. The van der Waals surface area contributed by atoms with E-state index in [1.807, 2.05) is 0 Å². The Labute approximate surface area is 209 Å². The largest absolute Gasteiger partial charge is 0.394 e. The number of ether oxygens (including phenoxy) is 7. The maximum Gasteiger partial charge on any atom is 0.187 e. The van der Waals surface area contributed by atoms with Crippen molar-refractivity contribution in [2.75, 3.05) is 26.4 Å². The summed E-state index contributed by atoms with van der Waals surface area (Å²) >= 11 is 0. The van der Waals surface area contributed by atoms with Crippen LogP contribution >= 0.6 is 0 Å². The third kappa shape index (κ3) is 5.79. The van der Waals surface area contributed by atoms with Gasteiger partial charge in [0.25, 0.3) is 0 Å². The van der Waals surface area contributed by atoms with Gasteiger partial charge in [0.1, 0.15) is 73.2 Å². The summed E-state index contributed by atoms with van der Waals surface area (Å²) in [4.78, 5) is 0. The van der Waals surface area contributed by atoms with Crippen molar-refractivity contribution in [2.45, 2.75) is 98.4 Å². The minimum absolute atomic E-state index is 0.440. The molecule has 0 aromatic carbocycles. The van der Waals surface area contributed by atoms with Crippen molar-refractivity contribution in [3.63, 3.8) is 0 Å². The Balaban J connectivity index is 1.42. The summed E-state index contributed by atoms with van der Waals surface area (Å²) in [6, 6.07) is 0. The predicted molar refractivity (Wildman–Crippen MR) is 110 cm³/mol. The predicted octanol–water partition coefficient (Wildman–Crippen LogP) is -7.19. The zero-order valence-corrected chi connectivity index (χ0v) is 19.4. The van der Waals surface area contributed by atoms with Gasteiger partial charge in [-0.2, -0.15) is 0 Å². The van der Waals surface area contributed by atoms with Crippen molar-refractivity contribution in [3.05, 3.63) is 0 Å². The normalized spacial score (nSPS) is 52.4. The second-order valence-corrected chi connectivity index (χ2v) is 9.22. The molecule has 17 heteroatoms. The zero-order chi connectivity index (χ0) is 27.0. The lowest BCUT2D eigenvalue weighted by Crippen LogP contribution is -2.47. The van der Waals surface area contributed by atoms with Crippen molar-refractivity contribution >= 4 is 0 Å². The molecule has 0 spiro atoms. The van der Waals surface area contributed by atoms with Crippen molar-refractivity contribution in [2.24, 2.45) is 0 Å². The smallest absolute Gasteiger partial charge is 0.187 e. The van der Waals surface area contributed by atoms with Crippen LogP contribution in [0.5, 0.6) is 0 Å². The van der Waals surface area contributed by atoms with E-state index >= 15 is 0 Å². The fourth-order valence-electron chi connectivity index (χ4n) is 4.61. The quantitative estimate of drug-likeness (QED) is 0.122. The molecular weight excluding hydrogens is 512 g/mol. The van der Waals surface area contributed by atoms with Crippen LogP contribution in [0.1, 0.15) is 0 Å². The van der Waals surface area contributed by atoms with Gasteiger partial charge in [-0.15, -0.1) is 0 Å². The van der Waals surface area contributed by atoms with E-state index in [9.17, 15) is 51.1 Å². The van der Waals surface area contributed by atoms with E-state index < -0.39 is 125 Å². The summed E-state index contributed by atoms with van der Waals surface area (Å²) < 4.78 is 37.9. The highest BCUT2D eigenvalue weighted by Gasteiger charge is 2.54. The van der Waals surface area contributed by atoms with E-state index in [-0.39, 0.29) is 0 Å². The van der Waals surface area contributed by atoms with Crippen LogP contribution in [0.3, 0.4) is 0 Å². The number of aliphatic hydroxyl groups excluding tert-OH is 10. The topological polar surface area (TPSA) is 267 Å². The Morgan fingerprint density at radius 3 is 1.51 bits per heavy atom. The highest BCUT2D eigenvalue weighted by atomic mass is 16.8. The molecule has 4 aliphatic rings. The van der Waals surface area contributed by atoms with E-state index in [1.165, 1.54) is 0 Å². The Morgan fingerprint density at radius 2 is 0.946 bits per heavy atom. The SMILES string of the molecule is OC[C@H]1O[C@@H](O[C@@H]2[C@@H](O[C@H]3[C@H](O)[C@@H](O)O[C@@H]3CO[C@H]3O[C@H](CO)[C@@H](O)[C@@H]3O)O[C@H](CO)[C@H]2O)[C@@H](O)[C@@H]1O. The summed E-state index contributed by atoms with van der Waals surface area (Å²) in [6.45, 7) is -2.31. The number of hydrogen-bond acceptors (Lipinski definition) is 17. The van der Waals surface area contributed by atoms with Crippen LogP contribution in [0.4, 0.5) is 0 Å². The first kappa shape index (κ1) is 29.3. The Morgan fingerprint density at radius 1 is 0.459 bits per heavy atom. The molecule has 216 valence electrons. The standard InChI is InChI=1S/C20H34O17/c21-1-5-9(24)12(27)18(33-5)31-4-8-15(14(29)17(30)32-8)36-20-16(11(26)7(3-23)35-20)37-19-13(28)10(25)6(2-22)34-19/h5-30H,1-4H2/t5-,6-,7-,8-,9-,10-,11-,12+,13+,14+,15-,16+,17+,18+,19+,20-/m1/s1. The average molecular weight is 546 g/mol. The molecule has 0 aromatic rings. The highest BCUT2D eigenvalue weighted by Crippen LogP contribution is 2.34.